The highest BCUT2D eigenvalue weighted by Gasteiger charge is 2.14. The van der Waals surface area contributed by atoms with E-state index in [4.69, 9.17) is 21.1 Å². The highest BCUT2D eigenvalue weighted by Crippen LogP contribution is 2.35. The summed E-state index contributed by atoms with van der Waals surface area (Å²) in [5, 5.41) is -0.435. The van der Waals surface area contributed by atoms with Gasteiger partial charge < -0.3 is 9.47 Å². The van der Waals surface area contributed by atoms with Crippen LogP contribution in [-0.4, -0.2) is 14.2 Å². The number of methoxy groups -OCH3 is 2. The average molecular weight is 281 g/mol. The number of halogens is 2. The van der Waals surface area contributed by atoms with Crippen molar-refractivity contribution in [2.24, 2.45) is 0 Å². The molecule has 0 aromatic heterocycles. The number of ether oxygens (including phenoxy) is 2. The number of hydrogen-bond donors (Lipinski definition) is 0. The standard InChI is InChI=1S/C15H14ClFO2/c1-18-13-7-6-11(9-14(13)19-2)15(16)10-4-3-5-12(17)8-10/h3-9,15H,1-2H3. The molecule has 0 fully saturated rings. The molecule has 2 nitrogen and oxygen atoms in total. The molecule has 1 atom stereocenters. The van der Waals surface area contributed by atoms with Gasteiger partial charge in [0.25, 0.3) is 0 Å². The Kier molecular flexibility index (Phi) is 4.27. The molecule has 2 aromatic carbocycles. The SMILES string of the molecule is COc1ccc(C(Cl)c2cccc(F)c2)cc1OC. The molecule has 0 saturated heterocycles. The number of alkyl halides is 1. The van der Waals surface area contributed by atoms with Crippen LogP contribution in [0.3, 0.4) is 0 Å². The lowest BCUT2D eigenvalue weighted by atomic mass is 10.0. The van der Waals surface area contributed by atoms with Crippen LogP contribution in [-0.2, 0) is 0 Å². The van der Waals surface area contributed by atoms with Gasteiger partial charge in [0.2, 0.25) is 0 Å². The Labute approximate surface area is 116 Å². The Morgan fingerprint density at radius 2 is 1.63 bits per heavy atom. The van der Waals surface area contributed by atoms with E-state index in [0.717, 1.165) is 5.56 Å². The highest BCUT2D eigenvalue weighted by atomic mass is 35.5. The Bertz CT molecular complexity index is 572. The molecule has 2 aromatic rings. The van der Waals surface area contributed by atoms with Crippen molar-refractivity contribution >= 4 is 11.6 Å². The first-order valence-electron chi connectivity index (χ1n) is 5.77. The summed E-state index contributed by atoms with van der Waals surface area (Å²) in [6.07, 6.45) is 0. The topological polar surface area (TPSA) is 18.5 Å². The van der Waals surface area contributed by atoms with Gasteiger partial charge in [-0.25, -0.2) is 4.39 Å². The average Bonchev–Trinajstić information content (AvgIpc) is 2.45. The van der Waals surface area contributed by atoms with Gasteiger partial charge in [0, 0.05) is 0 Å². The van der Waals surface area contributed by atoms with Crippen molar-refractivity contribution in [2.45, 2.75) is 5.38 Å². The molecule has 0 aliphatic carbocycles. The van der Waals surface area contributed by atoms with Crippen molar-refractivity contribution < 1.29 is 13.9 Å². The van der Waals surface area contributed by atoms with Crippen molar-refractivity contribution in [3.05, 3.63) is 59.4 Å². The predicted octanol–water partition coefficient (Wildman–Crippen LogP) is 4.17. The molecule has 0 bridgehead atoms. The first-order chi connectivity index (χ1) is 9.15. The van der Waals surface area contributed by atoms with Crippen molar-refractivity contribution in [2.75, 3.05) is 14.2 Å². The third-order valence-electron chi connectivity index (χ3n) is 2.84. The van der Waals surface area contributed by atoms with Crippen LogP contribution >= 0.6 is 11.6 Å². The fourth-order valence-corrected chi connectivity index (χ4v) is 2.14. The molecule has 0 amide bonds. The van der Waals surface area contributed by atoms with E-state index in [9.17, 15) is 4.39 Å². The summed E-state index contributed by atoms with van der Waals surface area (Å²) in [5.74, 6) is 0.931. The normalized spacial score (nSPS) is 12.0. The molecule has 0 aliphatic heterocycles. The highest BCUT2D eigenvalue weighted by molar-refractivity contribution is 6.22. The lowest BCUT2D eigenvalue weighted by molar-refractivity contribution is 0.354. The van der Waals surface area contributed by atoms with Gasteiger partial charge in [-0.3, -0.25) is 0 Å². The van der Waals surface area contributed by atoms with E-state index in [1.165, 1.54) is 12.1 Å². The third kappa shape index (κ3) is 2.99. The van der Waals surface area contributed by atoms with Crippen molar-refractivity contribution in [3.63, 3.8) is 0 Å². The van der Waals surface area contributed by atoms with Crippen LogP contribution in [0.25, 0.3) is 0 Å². The van der Waals surface area contributed by atoms with Gasteiger partial charge in [0.15, 0.2) is 11.5 Å². The molecule has 4 heteroatoms. The summed E-state index contributed by atoms with van der Waals surface area (Å²) in [6.45, 7) is 0. The van der Waals surface area contributed by atoms with Crippen LogP contribution in [0.4, 0.5) is 4.39 Å². The Morgan fingerprint density at radius 1 is 0.947 bits per heavy atom. The summed E-state index contributed by atoms with van der Waals surface area (Å²) in [6, 6.07) is 11.7. The molecule has 100 valence electrons. The van der Waals surface area contributed by atoms with Crippen LogP contribution in [0.2, 0.25) is 0 Å². The molecule has 1 unspecified atom stereocenters. The number of benzene rings is 2. The summed E-state index contributed by atoms with van der Waals surface area (Å²) in [7, 11) is 3.13. The minimum atomic E-state index is -0.435. The van der Waals surface area contributed by atoms with Gasteiger partial charge in [-0.1, -0.05) is 18.2 Å². The molecular formula is C15H14ClFO2. The molecule has 0 radical (unpaired) electrons. The molecule has 0 spiro atoms. The molecular weight excluding hydrogens is 267 g/mol. The third-order valence-corrected chi connectivity index (χ3v) is 3.35. The Morgan fingerprint density at radius 3 is 2.26 bits per heavy atom. The molecule has 0 saturated carbocycles. The zero-order chi connectivity index (χ0) is 13.8. The van der Waals surface area contributed by atoms with E-state index in [0.29, 0.717) is 17.1 Å². The van der Waals surface area contributed by atoms with Crippen molar-refractivity contribution in [1.29, 1.82) is 0 Å². The first-order valence-corrected chi connectivity index (χ1v) is 6.21. The Balaban J connectivity index is 2.36. The van der Waals surface area contributed by atoms with Crippen LogP contribution in [0, 0.1) is 5.82 Å². The maximum absolute atomic E-state index is 13.2. The zero-order valence-electron chi connectivity index (χ0n) is 10.7. The fraction of sp³-hybridized carbons (Fsp3) is 0.200. The summed E-state index contributed by atoms with van der Waals surface area (Å²) < 4.78 is 23.6. The lowest BCUT2D eigenvalue weighted by Crippen LogP contribution is -1.97. The minimum Gasteiger partial charge on any atom is -0.493 e. The van der Waals surface area contributed by atoms with E-state index in [1.807, 2.05) is 6.07 Å². The number of rotatable bonds is 4. The largest absolute Gasteiger partial charge is 0.493 e. The van der Waals surface area contributed by atoms with E-state index in [-0.39, 0.29) is 5.82 Å². The quantitative estimate of drug-likeness (QED) is 0.783. The fourth-order valence-electron chi connectivity index (χ4n) is 1.87. The maximum atomic E-state index is 13.2. The van der Waals surface area contributed by atoms with E-state index in [1.54, 1.807) is 38.5 Å². The van der Waals surface area contributed by atoms with Gasteiger partial charge in [-0.15, -0.1) is 11.6 Å². The number of hydrogen-bond acceptors (Lipinski definition) is 2. The van der Waals surface area contributed by atoms with Gasteiger partial charge >= 0.3 is 0 Å². The Hall–Kier alpha value is -1.74. The van der Waals surface area contributed by atoms with Gasteiger partial charge in [0.1, 0.15) is 5.82 Å². The van der Waals surface area contributed by atoms with Gasteiger partial charge in [-0.05, 0) is 35.4 Å². The van der Waals surface area contributed by atoms with Crippen LogP contribution in [0.1, 0.15) is 16.5 Å². The lowest BCUT2D eigenvalue weighted by Gasteiger charge is -2.14. The molecule has 2 rings (SSSR count). The summed E-state index contributed by atoms with van der Waals surface area (Å²) in [4.78, 5) is 0. The van der Waals surface area contributed by atoms with E-state index < -0.39 is 5.38 Å². The first kappa shape index (κ1) is 13.7. The van der Waals surface area contributed by atoms with Gasteiger partial charge in [0.05, 0.1) is 19.6 Å². The van der Waals surface area contributed by atoms with Crippen LogP contribution in [0.15, 0.2) is 42.5 Å². The zero-order valence-corrected chi connectivity index (χ0v) is 11.4. The van der Waals surface area contributed by atoms with E-state index in [2.05, 4.69) is 0 Å². The van der Waals surface area contributed by atoms with Crippen molar-refractivity contribution in [3.8, 4) is 11.5 Å². The molecule has 19 heavy (non-hydrogen) atoms. The summed E-state index contributed by atoms with van der Waals surface area (Å²) >= 11 is 6.37. The van der Waals surface area contributed by atoms with Crippen molar-refractivity contribution in [1.82, 2.24) is 0 Å². The second kappa shape index (κ2) is 5.93. The van der Waals surface area contributed by atoms with Crippen LogP contribution < -0.4 is 9.47 Å². The van der Waals surface area contributed by atoms with Gasteiger partial charge in [-0.2, -0.15) is 0 Å². The predicted molar refractivity (Wildman–Crippen MR) is 73.6 cm³/mol. The maximum Gasteiger partial charge on any atom is 0.161 e. The molecule has 0 heterocycles. The molecule has 0 N–H and O–H groups in total. The molecule has 0 aliphatic rings. The second-order valence-electron chi connectivity index (χ2n) is 4.03. The minimum absolute atomic E-state index is 0.302. The summed E-state index contributed by atoms with van der Waals surface area (Å²) in [5.41, 5.74) is 1.53. The smallest absolute Gasteiger partial charge is 0.161 e. The van der Waals surface area contributed by atoms with E-state index >= 15 is 0 Å². The second-order valence-corrected chi connectivity index (χ2v) is 4.47. The van der Waals surface area contributed by atoms with Crippen LogP contribution in [0.5, 0.6) is 11.5 Å². The monoisotopic (exact) mass is 280 g/mol.